The number of nitrogens with one attached hydrogen (secondary N) is 1. The molecule has 0 aliphatic carbocycles. The summed E-state index contributed by atoms with van der Waals surface area (Å²) < 4.78 is 18.2. The van der Waals surface area contributed by atoms with Gasteiger partial charge in [0.25, 0.3) is 5.91 Å². The van der Waals surface area contributed by atoms with E-state index < -0.39 is 17.7 Å². The first-order chi connectivity index (χ1) is 10.3. The third kappa shape index (κ3) is 3.20. The number of thiophene rings is 1. The lowest BCUT2D eigenvalue weighted by Crippen LogP contribution is -2.15. The summed E-state index contributed by atoms with van der Waals surface area (Å²) in [7, 11) is 1.29. The van der Waals surface area contributed by atoms with E-state index in [4.69, 9.17) is 4.74 Å². The third-order valence-corrected chi connectivity index (χ3v) is 4.96. The normalized spacial score (nSPS) is 10.4. The van der Waals surface area contributed by atoms with E-state index in [0.29, 0.717) is 15.0 Å². The maximum absolute atomic E-state index is 13.1. The maximum atomic E-state index is 13.1. The van der Waals surface area contributed by atoms with Gasteiger partial charge in [-0.25, -0.2) is 9.18 Å². The molecule has 0 bridgehead atoms. The van der Waals surface area contributed by atoms with Gasteiger partial charge in [0.15, 0.2) is 0 Å². The van der Waals surface area contributed by atoms with Crippen molar-refractivity contribution in [2.24, 2.45) is 0 Å². The molecule has 7 heteroatoms. The first kappa shape index (κ1) is 16.6. The molecule has 0 aliphatic rings. The number of hydrogen-bond donors (Lipinski definition) is 1. The van der Waals surface area contributed by atoms with Crippen LogP contribution in [0, 0.1) is 19.7 Å². The van der Waals surface area contributed by atoms with E-state index in [2.05, 4.69) is 21.2 Å². The Morgan fingerprint density at radius 1 is 1.32 bits per heavy atom. The van der Waals surface area contributed by atoms with Gasteiger partial charge in [0.05, 0.1) is 18.2 Å². The van der Waals surface area contributed by atoms with E-state index in [-0.39, 0.29) is 5.56 Å². The molecule has 0 aliphatic heterocycles. The standard InChI is InChI=1S/C15H13BrFNO3S/c1-7-8(2)22-14(12(7)15(20)21-3)18-13(19)10-5-4-9(17)6-11(10)16/h4-6H,1-3H3,(H,18,19). The van der Waals surface area contributed by atoms with Crippen molar-refractivity contribution in [2.45, 2.75) is 13.8 Å². The minimum Gasteiger partial charge on any atom is -0.465 e. The molecule has 0 spiro atoms. The largest absolute Gasteiger partial charge is 0.465 e. The molecule has 116 valence electrons. The van der Waals surface area contributed by atoms with Crippen molar-refractivity contribution in [3.05, 3.63) is 50.1 Å². The van der Waals surface area contributed by atoms with Crippen LogP contribution in [0.2, 0.25) is 0 Å². The van der Waals surface area contributed by atoms with Crippen LogP contribution in [0.3, 0.4) is 0 Å². The van der Waals surface area contributed by atoms with E-state index in [1.54, 1.807) is 6.92 Å². The van der Waals surface area contributed by atoms with Crippen LogP contribution in [-0.2, 0) is 4.74 Å². The smallest absolute Gasteiger partial charge is 0.341 e. The number of carbonyl (C=O) groups excluding carboxylic acids is 2. The number of rotatable bonds is 3. The molecule has 4 nitrogen and oxygen atoms in total. The Morgan fingerprint density at radius 3 is 2.59 bits per heavy atom. The molecule has 0 radical (unpaired) electrons. The highest BCUT2D eigenvalue weighted by Gasteiger charge is 2.22. The number of halogens is 2. The first-order valence-corrected chi connectivity index (χ1v) is 7.90. The average molecular weight is 386 g/mol. The highest BCUT2D eigenvalue weighted by Crippen LogP contribution is 2.33. The second-order valence-corrected chi connectivity index (χ2v) is 6.64. The van der Waals surface area contributed by atoms with Crippen LogP contribution in [0.4, 0.5) is 9.39 Å². The van der Waals surface area contributed by atoms with Gasteiger partial charge in [-0.3, -0.25) is 4.79 Å². The Balaban J connectivity index is 2.36. The summed E-state index contributed by atoms with van der Waals surface area (Å²) in [6.07, 6.45) is 0. The predicted molar refractivity (Wildman–Crippen MR) is 87.2 cm³/mol. The Hall–Kier alpha value is -1.73. The number of benzene rings is 1. The number of methoxy groups -OCH3 is 1. The first-order valence-electron chi connectivity index (χ1n) is 6.29. The molecule has 1 amide bonds. The van der Waals surface area contributed by atoms with Crippen LogP contribution in [-0.4, -0.2) is 19.0 Å². The zero-order valence-electron chi connectivity index (χ0n) is 12.1. The molecule has 2 rings (SSSR count). The monoisotopic (exact) mass is 385 g/mol. The van der Waals surface area contributed by atoms with Gasteiger partial charge in [-0.1, -0.05) is 0 Å². The molecule has 1 heterocycles. The second kappa shape index (κ2) is 6.58. The van der Waals surface area contributed by atoms with Crippen LogP contribution < -0.4 is 5.32 Å². The summed E-state index contributed by atoms with van der Waals surface area (Å²) in [6.45, 7) is 3.65. The molecular formula is C15H13BrFNO3S. The third-order valence-electron chi connectivity index (χ3n) is 3.18. The van der Waals surface area contributed by atoms with Crippen molar-refractivity contribution in [1.82, 2.24) is 0 Å². The Labute approximate surface area is 139 Å². The van der Waals surface area contributed by atoms with E-state index >= 15 is 0 Å². The van der Waals surface area contributed by atoms with Crippen molar-refractivity contribution in [3.8, 4) is 0 Å². The SMILES string of the molecule is COC(=O)c1c(NC(=O)c2ccc(F)cc2Br)sc(C)c1C. The minimum absolute atomic E-state index is 0.279. The lowest BCUT2D eigenvalue weighted by molar-refractivity contribution is 0.0601. The summed E-state index contributed by atoms with van der Waals surface area (Å²) >= 11 is 4.45. The van der Waals surface area contributed by atoms with Gasteiger partial charge in [0, 0.05) is 9.35 Å². The van der Waals surface area contributed by atoms with E-state index in [9.17, 15) is 14.0 Å². The highest BCUT2D eigenvalue weighted by atomic mass is 79.9. The summed E-state index contributed by atoms with van der Waals surface area (Å²) in [5.41, 5.74) is 1.39. The van der Waals surface area contributed by atoms with E-state index in [1.165, 1.54) is 36.6 Å². The fourth-order valence-corrected chi connectivity index (χ4v) is 3.48. The van der Waals surface area contributed by atoms with Crippen molar-refractivity contribution in [2.75, 3.05) is 12.4 Å². The second-order valence-electron chi connectivity index (χ2n) is 4.56. The summed E-state index contributed by atoms with van der Waals surface area (Å²) in [4.78, 5) is 25.1. The fraction of sp³-hybridized carbons (Fsp3) is 0.200. The molecule has 0 fully saturated rings. The van der Waals surface area contributed by atoms with Gasteiger partial charge in [0.1, 0.15) is 10.8 Å². The number of anilines is 1. The van der Waals surface area contributed by atoms with Gasteiger partial charge >= 0.3 is 5.97 Å². The number of ether oxygens (including phenoxy) is 1. The van der Waals surface area contributed by atoms with Crippen LogP contribution in [0.1, 0.15) is 31.2 Å². The molecule has 1 aromatic heterocycles. The van der Waals surface area contributed by atoms with Gasteiger partial charge in [-0.2, -0.15) is 0 Å². The molecule has 22 heavy (non-hydrogen) atoms. The van der Waals surface area contributed by atoms with E-state index in [1.807, 2.05) is 6.92 Å². The van der Waals surface area contributed by atoms with Crippen molar-refractivity contribution >= 4 is 44.1 Å². The number of hydrogen-bond acceptors (Lipinski definition) is 4. The quantitative estimate of drug-likeness (QED) is 0.801. The fourth-order valence-electron chi connectivity index (χ4n) is 1.91. The molecule has 2 aromatic rings. The topological polar surface area (TPSA) is 55.4 Å². The van der Waals surface area contributed by atoms with Crippen LogP contribution >= 0.6 is 27.3 Å². The molecule has 0 saturated heterocycles. The maximum Gasteiger partial charge on any atom is 0.341 e. The van der Waals surface area contributed by atoms with Crippen molar-refractivity contribution in [3.63, 3.8) is 0 Å². The number of amides is 1. The number of carbonyl (C=O) groups is 2. The van der Waals surface area contributed by atoms with Crippen LogP contribution in [0.5, 0.6) is 0 Å². The summed E-state index contributed by atoms with van der Waals surface area (Å²) in [5.74, 6) is -1.38. The molecule has 1 N–H and O–H groups in total. The molecule has 1 aromatic carbocycles. The zero-order valence-corrected chi connectivity index (χ0v) is 14.5. The Morgan fingerprint density at radius 2 is 2.00 bits per heavy atom. The molecule has 0 atom stereocenters. The van der Waals surface area contributed by atoms with Gasteiger partial charge < -0.3 is 10.1 Å². The molecular weight excluding hydrogens is 373 g/mol. The predicted octanol–water partition coefficient (Wildman–Crippen LogP) is 4.31. The zero-order chi connectivity index (χ0) is 16.4. The molecule has 0 saturated carbocycles. The van der Waals surface area contributed by atoms with Gasteiger partial charge in [-0.05, 0) is 53.5 Å². The van der Waals surface area contributed by atoms with Crippen molar-refractivity contribution < 1.29 is 18.7 Å². The van der Waals surface area contributed by atoms with Crippen molar-refractivity contribution in [1.29, 1.82) is 0 Å². The summed E-state index contributed by atoms with van der Waals surface area (Å²) in [5, 5.41) is 3.11. The Kier molecular flexibility index (Phi) is 4.97. The highest BCUT2D eigenvalue weighted by molar-refractivity contribution is 9.10. The van der Waals surface area contributed by atoms with Gasteiger partial charge in [-0.15, -0.1) is 11.3 Å². The van der Waals surface area contributed by atoms with Crippen LogP contribution in [0.15, 0.2) is 22.7 Å². The summed E-state index contributed by atoms with van der Waals surface area (Å²) in [6, 6.07) is 3.78. The Bertz CT molecular complexity index is 757. The molecule has 0 unspecified atom stereocenters. The van der Waals surface area contributed by atoms with Crippen LogP contribution in [0.25, 0.3) is 0 Å². The average Bonchev–Trinajstić information content (AvgIpc) is 2.72. The minimum atomic E-state index is -0.504. The number of aryl methyl sites for hydroxylation is 1. The number of esters is 1. The van der Waals surface area contributed by atoms with Gasteiger partial charge in [0.2, 0.25) is 0 Å². The lowest BCUT2D eigenvalue weighted by Gasteiger charge is -2.07. The van der Waals surface area contributed by atoms with E-state index in [0.717, 1.165) is 10.4 Å². The lowest BCUT2D eigenvalue weighted by atomic mass is 10.1.